The molecule has 2 nitrogen and oxygen atoms in total. The van der Waals surface area contributed by atoms with Crippen molar-refractivity contribution < 1.29 is 17.9 Å². The van der Waals surface area contributed by atoms with Crippen molar-refractivity contribution in [2.24, 2.45) is 0 Å². The lowest BCUT2D eigenvalue weighted by Crippen LogP contribution is -2.32. The van der Waals surface area contributed by atoms with Crippen LogP contribution < -0.4 is 5.32 Å². The SMILES string of the molecule is CCNC(CCOCC(F)F)Cc1ccc(F)cc1Cl. The zero-order chi connectivity index (χ0) is 15.0. The molecule has 0 amide bonds. The summed E-state index contributed by atoms with van der Waals surface area (Å²) in [5.74, 6) is -0.376. The molecule has 6 heteroatoms. The van der Waals surface area contributed by atoms with Crippen LogP contribution in [0.2, 0.25) is 5.02 Å². The third-order valence-corrected chi connectivity index (χ3v) is 3.18. The van der Waals surface area contributed by atoms with E-state index in [0.717, 1.165) is 12.1 Å². The van der Waals surface area contributed by atoms with Crippen molar-refractivity contribution in [2.45, 2.75) is 32.2 Å². The molecular weight excluding hydrogens is 291 g/mol. The molecule has 0 radical (unpaired) electrons. The number of ether oxygens (including phenoxy) is 1. The number of hydrogen-bond donors (Lipinski definition) is 1. The van der Waals surface area contributed by atoms with Crippen molar-refractivity contribution >= 4 is 11.6 Å². The van der Waals surface area contributed by atoms with E-state index >= 15 is 0 Å². The van der Waals surface area contributed by atoms with Gasteiger partial charge in [-0.3, -0.25) is 0 Å². The van der Waals surface area contributed by atoms with Crippen LogP contribution in [0.4, 0.5) is 13.2 Å². The second-order valence-corrected chi connectivity index (χ2v) is 4.86. The summed E-state index contributed by atoms with van der Waals surface area (Å²) in [6.45, 7) is 2.41. The van der Waals surface area contributed by atoms with Crippen molar-refractivity contribution in [1.82, 2.24) is 5.32 Å². The lowest BCUT2D eigenvalue weighted by atomic mass is 10.0. The van der Waals surface area contributed by atoms with E-state index in [4.69, 9.17) is 16.3 Å². The Hall–Kier alpha value is -0.780. The predicted octanol–water partition coefficient (Wildman–Crippen LogP) is 3.67. The van der Waals surface area contributed by atoms with E-state index in [9.17, 15) is 13.2 Å². The van der Waals surface area contributed by atoms with E-state index in [1.54, 1.807) is 6.07 Å². The Bertz CT molecular complexity index is 404. The number of benzene rings is 1. The highest BCUT2D eigenvalue weighted by atomic mass is 35.5. The van der Waals surface area contributed by atoms with Gasteiger partial charge in [-0.15, -0.1) is 0 Å². The molecule has 0 aliphatic rings. The van der Waals surface area contributed by atoms with Gasteiger partial charge in [-0.2, -0.15) is 0 Å². The van der Waals surface area contributed by atoms with Gasteiger partial charge in [0, 0.05) is 17.7 Å². The van der Waals surface area contributed by atoms with Crippen LogP contribution in [0, 0.1) is 5.82 Å². The zero-order valence-electron chi connectivity index (χ0n) is 11.3. The lowest BCUT2D eigenvalue weighted by Gasteiger charge is -2.18. The highest BCUT2D eigenvalue weighted by Crippen LogP contribution is 2.19. The van der Waals surface area contributed by atoms with Gasteiger partial charge in [-0.25, -0.2) is 13.2 Å². The second kappa shape index (κ2) is 9.21. The predicted molar refractivity (Wildman–Crippen MR) is 74.0 cm³/mol. The van der Waals surface area contributed by atoms with Gasteiger partial charge in [0.25, 0.3) is 6.43 Å². The van der Waals surface area contributed by atoms with Crippen molar-refractivity contribution in [3.05, 3.63) is 34.6 Å². The van der Waals surface area contributed by atoms with Crippen molar-refractivity contribution in [1.29, 1.82) is 0 Å². The van der Waals surface area contributed by atoms with E-state index in [-0.39, 0.29) is 18.5 Å². The number of rotatable bonds is 9. The highest BCUT2D eigenvalue weighted by Gasteiger charge is 2.12. The Labute approximate surface area is 122 Å². The Morgan fingerprint density at radius 1 is 1.35 bits per heavy atom. The summed E-state index contributed by atoms with van der Waals surface area (Å²) in [7, 11) is 0. The monoisotopic (exact) mass is 309 g/mol. The van der Waals surface area contributed by atoms with Gasteiger partial charge < -0.3 is 10.1 Å². The number of alkyl halides is 2. The maximum absolute atomic E-state index is 13.0. The molecule has 114 valence electrons. The molecule has 0 fully saturated rings. The Balaban J connectivity index is 2.49. The molecule has 0 aliphatic carbocycles. The van der Waals surface area contributed by atoms with Gasteiger partial charge >= 0.3 is 0 Å². The van der Waals surface area contributed by atoms with Crippen LogP contribution in [0.3, 0.4) is 0 Å². The third-order valence-electron chi connectivity index (χ3n) is 2.83. The van der Waals surface area contributed by atoms with Gasteiger partial charge in [0.1, 0.15) is 12.4 Å². The van der Waals surface area contributed by atoms with Crippen molar-refractivity contribution in [2.75, 3.05) is 19.8 Å². The molecule has 0 spiro atoms. The zero-order valence-corrected chi connectivity index (χ0v) is 12.1. The van der Waals surface area contributed by atoms with Crippen LogP contribution in [0.5, 0.6) is 0 Å². The molecule has 1 atom stereocenters. The average molecular weight is 310 g/mol. The molecule has 0 saturated carbocycles. The van der Waals surface area contributed by atoms with Crippen LogP contribution in [-0.4, -0.2) is 32.2 Å². The molecule has 0 aromatic heterocycles. The summed E-state index contributed by atoms with van der Waals surface area (Å²) in [6.07, 6.45) is -1.25. The van der Waals surface area contributed by atoms with Gasteiger partial charge in [-0.05, 0) is 37.1 Å². The molecule has 1 N–H and O–H groups in total. The summed E-state index contributed by atoms with van der Waals surface area (Å²) in [4.78, 5) is 0. The maximum atomic E-state index is 13.0. The van der Waals surface area contributed by atoms with Crippen LogP contribution in [0.1, 0.15) is 18.9 Å². The van der Waals surface area contributed by atoms with Gasteiger partial charge in [0.05, 0.1) is 0 Å². The standard InChI is InChI=1S/C14H19ClF3NO/c1-2-19-12(5-6-20-9-14(17)18)7-10-3-4-11(16)8-13(10)15/h3-4,8,12,14,19H,2,5-7,9H2,1H3. The number of likely N-dealkylation sites (N-methyl/N-ethyl adjacent to an activating group) is 1. The van der Waals surface area contributed by atoms with E-state index in [1.807, 2.05) is 6.92 Å². The van der Waals surface area contributed by atoms with Crippen LogP contribution in [-0.2, 0) is 11.2 Å². The van der Waals surface area contributed by atoms with E-state index in [1.165, 1.54) is 12.1 Å². The highest BCUT2D eigenvalue weighted by molar-refractivity contribution is 6.31. The molecule has 0 bridgehead atoms. The van der Waals surface area contributed by atoms with Crippen LogP contribution >= 0.6 is 11.6 Å². The third kappa shape index (κ3) is 6.59. The maximum Gasteiger partial charge on any atom is 0.261 e. The minimum Gasteiger partial charge on any atom is -0.375 e. The molecule has 1 aromatic carbocycles. The first-order valence-electron chi connectivity index (χ1n) is 6.56. The number of halogens is 4. The van der Waals surface area contributed by atoms with E-state index in [0.29, 0.717) is 17.9 Å². The first-order valence-corrected chi connectivity index (χ1v) is 6.94. The molecule has 20 heavy (non-hydrogen) atoms. The van der Waals surface area contributed by atoms with Gasteiger partial charge in [0.2, 0.25) is 0 Å². The second-order valence-electron chi connectivity index (χ2n) is 4.45. The van der Waals surface area contributed by atoms with E-state index < -0.39 is 13.0 Å². The smallest absolute Gasteiger partial charge is 0.261 e. The molecule has 1 aromatic rings. The quantitative estimate of drug-likeness (QED) is 0.703. The Morgan fingerprint density at radius 3 is 2.70 bits per heavy atom. The summed E-state index contributed by atoms with van der Waals surface area (Å²) in [6, 6.07) is 4.33. The van der Waals surface area contributed by atoms with E-state index in [2.05, 4.69) is 5.32 Å². The van der Waals surface area contributed by atoms with Crippen molar-refractivity contribution in [3.8, 4) is 0 Å². The van der Waals surface area contributed by atoms with Crippen molar-refractivity contribution in [3.63, 3.8) is 0 Å². The topological polar surface area (TPSA) is 21.3 Å². The minimum atomic E-state index is -2.45. The molecule has 0 saturated heterocycles. The fourth-order valence-corrected chi connectivity index (χ4v) is 2.16. The van der Waals surface area contributed by atoms with Crippen LogP contribution in [0.15, 0.2) is 18.2 Å². The summed E-state index contributed by atoms with van der Waals surface area (Å²) >= 11 is 5.98. The average Bonchev–Trinajstić information content (AvgIpc) is 2.37. The molecule has 1 rings (SSSR count). The Kier molecular flexibility index (Phi) is 7.95. The molecule has 0 aliphatic heterocycles. The fraction of sp³-hybridized carbons (Fsp3) is 0.571. The van der Waals surface area contributed by atoms with Crippen LogP contribution in [0.25, 0.3) is 0 Å². The lowest BCUT2D eigenvalue weighted by molar-refractivity contribution is 0.0144. The largest absolute Gasteiger partial charge is 0.375 e. The molecular formula is C14H19ClF3NO. The minimum absolute atomic E-state index is 0.0561. The number of nitrogens with one attached hydrogen (secondary N) is 1. The normalized spacial score (nSPS) is 12.9. The van der Waals surface area contributed by atoms with Gasteiger partial charge in [-0.1, -0.05) is 24.6 Å². The summed E-state index contributed by atoms with van der Waals surface area (Å²) in [5.41, 5.74) is 0.827. The summed E-state index contributed by atoms with van der Waals surface area (Å²) in [5, 5.41) is 3.62. The molecule has 1 unspecified atom stereocenters. The molecule has 0 heterocycles. The fourth-order valence-electron chi connectivity index (χ4n) is 1.92. The Morgan fingerprint density at radius 2 is 2.10 bits per heavy atom. The first-order chi connectivity index (χ1) is 9.52. The number of hydrogen-bond acceptors (Lipinski definition) is 2. The first kappa shape index (κ1) is 17.3. The summed E-state index contributed by atoms with van der Waals surface area (Å²) < 4.78 is 41.7. The van der Waals surface area contributed by atoms with Gasteiger partial charge in [0.15, 0.2) is 0 Å².